The Morgan fingerprint density at radius 1 is 1.10 bits per heavy atom. The first-order valence-electron chi connectivity index (χ1n) is 7.10. The predicted octanol–water partition coefficient (Wildman–Crippen LogP) is 4.79. The van der Waals surface area contributed by atoms with Gasteiger partial charge in [0.05, 0.1) is 14.2 Å². The van der Waals surface area contributed by atoms with Gasteiger partial charge in [0, 0.05) is 10.7 Å². The smallest absolute Gasteiger partial charge is 0.161 e. The molecule has 0 spiro atoms. The molecule has 1 aliphatic rings. The highest BCUT2D eigenvalue weighted by Gasteiger charge is 2.33. The van der Waals surface area contributed by atoms with E-state index in [0.29, 0.717) is 10.7 Å². The standard InChI is InChI=1S/C18H19BrO2/c1-11-8-16(20-2)17(21-3)10-14(11)18(19)15-9-12-6-4-5-7-13(12)15/h4-8,10,15,18H,9H2,1-3H3. The molecule has 3 rings (SSSR count). The summed E-state index contributed by atoms with van der Waals surface area (Å²) in [6, 6.07) is 12.8. The van der Waals surface area contributed by atoms with Crippen LogP contribution in [0.15, 0.2) is 36.4 Å². The molecule has 0 N–H and O–H groups in total. The molecule has 2 nitrogen and oxygen atoms in total. The zero-order valence-corrected chi connectivity index (χ0v) is 14.1. The van der Waals surface area contributed by atoms with Crippen molar-refractivity contribution in [3.8, 4) is 11.5 Å². The number of benzene rings is 2. The van der Waals surface area contributed by atoms with Gasteiger partial charge in [0.15, 0.2) is 11.5 Å². The predicted molar refractivity (Wildman–Crippen MR) is 88.8 cm³/mol. The molecular weight excluding hydrogens is 328 g/mol. The molecule has 0 aromatic heterocycles. The molecule has 0 saturated carbocycles. The third kappa shape index (κ3) is 2.44. The van der Waals surface area contributed by atoms with E-state index in [1.165, 1.54) is 22.3 Å². The molecule has 2 atom stereocenters. The van der Waals surface area contributed by atoms with Crippen molar-refractivity contribution in [1.29, 1.82) is 0 Å². The van der Waals surface area contributed by atoms with E-state index in [0.717, 1.165) is 17.9 Å². The number of hydrogen-bond acceptors (Lipinski definition) is 2. The third-order valence-electron chi connectivity index (χ3n) is 4.32. The SMILES string of the molecule is COc1cc(C)c(C(Br)C2Cc3ccccc32)cc1OC. The summed E-state index contributed by atoms with van der Waals surface area (Å²) in [6.07, 6.45) is 1.12. The lowest BCUT2D eigenvalue weighted by Gasteiger charge is -2.34. The number of methoxy groups -OCH3 is 2. The summed E-state index contributed by atoms with van der Waals surface area (Å²) in [5.41, 5.74) is 5.41. The van der Waals surface area contributed by atoms with Gasteiger partial charge in [-0.1, -0.05) is 40.2 Å². The summed E-state index contributed by atoms with van der Waals surface area (Å²) in [5.74, 6) is 2.10. The highest BCUT2D eigenvalue weighted by molar-refractivity contribution is 9.09. The molecule has 0 aliphatic heterocycles. The normalized spacial score (nSPS) is 17.6. The highest BCUT2D eigenvalue weighted by atomic mass is 79.9. The van der Waals surface area contributed by atoms with Gasteiger partial charge in [0.25, 0.3) is 0 Å². The van der Waals surface area contributed by atoms with E-state index in [2.05, 4.69) is 53.2 Å². The Morgan fingerprint density at radius 3 is 2.43 bits per heavy atom. The van der Waals surface area contributed by atoms with Crippen LogP contribution in [-0.4, -0.2) is 14.2 Å². The van der Waals surface area contributed by atoms with Gasteiger partial charge in [0.1, 0.15) is 0 Å². The molecule has 3 heteroatoms. The number of hydrogen-bond donors (Lipinski definition) is 0. The van der Waals surface area contributed by atoms with Crippen LogP contribution in [0.5, 0.6) is 11.5 Å². The van der Waals surface area contributed by atoms with Crippen molar-refractivity contribution in [3.05, 3.63) is 58.7 Å². The van der Waals surface area contributed by atoms with Gasteiger partial charge < -0.3 is 9.47 Å². The molecule has 21 heavy (non-hydrogen) atoms. The molecule has 2 aromatic carbocycles. The zero-order valence-electron chi connectivity index (χ0n) is 12.5. The fourth-order valence-electron chi connectivity index (χ4n) is 3.07. The maximum absolute atomic E-state index is 5.44. The van der Waals surface area contributed by atoms with Crippen molar-refractivity contribution in [2.24, 2.45) is 0 Å². The second-order valence-corrected chi connectivity index (χ2v) is 6.46. The Balaban J connectivity index is 1.94. The Hall–Kier alpha value is -1.48. The molecule has 2 unspecified atom stereocenters. The molecular formula is C18H19BrO2. The van der Waals surface area contributed by atoms with Gasteiger partial charge in [-0.3, -0.25) is 0 Å². The fraction of sp³-hybridized carbons (Fsp3) is 0.333. The van der Waals surface area contributed by atoms with Gasteiger partial charge in [-0.05, 0) is 47.7 Å². The van der Waals surface area contributed by atoms with Crippen molar-refractivity contribution in [3.63, 3.8) is 0 Å². The second-order valence-electron chi connectivity index (χ2n) is 5.47. The number of alkyl halides is 1. The summed E-state index contributed by atoms with van der Waals surface area (Å²) in [6.45, 7) is 2.12. The average Bonchev–Trinajstić information content (AvgIpc) is 2.48. The van der Waals surface area contributed by atoms with Crippen molar-refractivity contribution >= 4 is 15.9 Å². The lowest BCUT2D eigenvalue weighted by atomic mass is 9.74. The number of rotatable bonds is 4. The van der Waals surface area contributed by atoms with Crippen molar-refractivity contribution in [2.75, 3.05) is 14.2 Å². The first-order chi connectivity index (χ1) is 10.2. The van der Waals surface area contributed by atoms with E-state index in [4.69, 9.17) is 9.47 Å². The van der Waals surface area contributed by atoms with Crippen LogP contribution in [0.3, 0.4) is 0 Å². The summed E-state index contributed by atoms with van der Waals surface area (Å²) in [7, 11) is 3.35. The zero-order chi connectivity index (χ0) is 15.0. The summed E-state index contributed by atoms with van der Waals surface area (Å²) < 4.78 is 10.8. The summed E-state index contributed by atoms with van der Waals surface area (Å²) in [4.78, 5) is 0.298. The second kappa shape index (κ2) is 5.72. The van der Waals surface area contributed by atoms with Gasteiger partial charge in [-0.25, -0.2) is 0 Å². The lowest BCUT2D eigenvalue weighted by Crippen LogP contribution is -2.21. The number of halogens is 1. The van der Waals surface area contributed by atoms with Crippen molar-refractivity contribution in [2.45, 2.75) is 24.1 Å². The minimum atomic E-state index is 0.298. The van der Waals surface area contributed by atoms with Crippen molar-refractivity contribution < 1.29 is 9.47 Å². The molecule has 0 heterocycles. The Labute approximate surface area is 134 Å². The summed E-state index contributed by atoms with van der Waals surface area (Å²) >= 11 is 3.90. The van der Waals surface area contributed by atoms with E-state index in [-0.39, 0.29) is 0 Å². The van der Waals surface area contributed by atoms with Crippen LogP contribution in [0, 0.1) is 6.92 Å². The van der Waals surface area contributed by atoms with Crippen LogP contribution < -0.4 is 9.47 Å². The molecule has 2 aromatic rings. The Kier molecular flexibility index (Phi) is 3.94. The lowest BCUT2D eigenvalue weighted by molar-refractivity contribution is 0.354. The largest absolute Gasteiger partial charge is 0.493 e. The average molecular weight is 347 g/mol. The third-order valence-corrected chi connectivity index (χ3v) is 5.45. The molecule has 1 aliphatic carbocycles. The molecule has 0 fully saturated rings. The fourth-order valence-corrected chi connectivity index (χ4v) is 4.03. The van der Waals surface area contributed by atoms with Gasteiger partial charge >= 0.3 is 0 Å². The van der Waals surface area contributed by atoms with Crippen LogP contribution in [0.25, 0.3) is 0 Å². The van der Waals surface area contributed by atoms with E-state index in [1.807, 2.05) is 6.07 Å². The number of ether oxygens (including phenoxy) is 2. The highest BCUT2D eigenvalue weighted by Crippen LogP contribution is 2.49. The van der Waals surface area contributed by atoms with E-state index >= 15 is 0 Å². The minimum Gasteiger partial charge on any atom is -0.493 e. The molecule has 0 amide bonds. The quantitative estimate of drug-likeness (QED) is 0.741. The van der Waals surface area contributed by atoms with Crippen LogP contribution in [0.2, 0.25) is 0 Å². The molecule has 0 saturated heterocycles. The van der Waals surface area contributed by atoms with Crippen LogP contribution in [0.4, 0.5) is 0 Å². The molecule has 110 valence electrons. The Bertz CT molecular complexity index is 666. The van der Waals surface area contributed by atoms with Gasteiger partial charge in [0.2, 0.25) is 0 Å². The van der Waals surface area contributed by atoms with E-state index in [1.54, 1.807) is 14.2 Å². The topological polar surface area (TPSA) is 18.5 Å². The summed E-state index contributed by atoms with van der Waals surface area (Å²) in [5, 5.41) is 0. The van der Waals surface area contributed by atoms with Crippen LogP contribution in [-0.2, 0) is 6.42 Å². The number of fused-ring (bicyclic) bond motifs is 1. The van der Waals surface area contributed by atoms with Gasteiger partial charge in [-0.2, -0.15) is 0 Å². The first kappa shape index (κ1) is 14.5. The molecule has 0 bridgehead atoms. The van der Waals surface area contributed by atoms with Crippen LogP contribution >= 0.6 is 15.9 Å². The Morgan fingerprint density at radius 2 is 1.76 bits per heavy atom. The van der Waals surface area contributed by atoms with Crippen LogP contribution in [0.1, 0.15) is 33.0 Å². The number of aryl methyl sites for hydroxylation is 1. The monoisotopic (exact) mass is 346 g/mol. The van der Waals surface area contributed by atoms with E-state index < -0.39 is 0 Å². The van der Waals surface area contributed by atoms with Crippen molar-refractivity contribution in [1.82, 2.24) is 0 Å². The maximum atomic E-state index is 5.44. The van der Waals surface area contributed by atoms with Gasteiger partial charge in [-0.15, -0.1) is 0 Å². The molecule has 0 radical (unpaired) electrons. The first-order valence-corrected chi connectivity index (χ1v) is 8.01. The minimum absolute atomic E-state index is 0.298. The maximum Gasteiger partial charge on any atom is 0.161 e. The van der Waals surface area contributed by atoms with E-state index in [9.17, 15) is 0 Å².